The molecule has 0 amide bonds. The van der Waals surface area contributed by atoms with Crippen LogP contribution in [0.4, 0.5) is 0 Å². The molecule has 0 saturated heterocycles. The highest BCUT2D eigenvalue weighted by molar-refractivity contribution is 6.18. The van der Waals surface area contributed by atoms with Crippen molar-refractivity contribution in [3.63, 3.8) is 0 Å². The first-order valence-corrected chi connectivity index (χ1v) is 3.77. The highest BCUT2D eigenvalue weighted by Crippen LogP contribution is 1.88. The lowest BCUT2D eigenvalue weighted by Crippen LogP contribution is -2.25. The second kappa shape index (κ2) is 6.12. The predicted octanol–water partition coefficient (Wildman–Crippen LogP) is 1.73. The van der Waals surface area contributed by atoms with Crippen LogP contribution in [0.3, 0.4) is 0 Å². The summed E-state index contributed by atoms with van der Waals surface area (Å²) in [5, 5.41) is 0. The van der Waals surface area contributed by atoms with Gasteiger partial charge in [0, 0.05) is 19.0 Å². The maximum Gasteiger partial charge on any atom is 0.0351 e. The van der Waals surface area contributed by atoms with Gasteiger partial charge in [0.05, 0.1) is 0 Å². The quantitative estimate of drug-likeness (QED) is 0.423. The normalized spacial score (nSPS) is 10.1. The van der Waals surface area contributed by atoms with Gasteiger partial charge in [0.15, 0.2) is 0 Å². The van der Waals surface area contributed by atoms with Gasteiger partial charge in [-0.1, -0.05) is 13.0 Å². The molecule has 0 radical (unpaired) electrons. The number of rotatable bonds is 5. The lowest BCUT2D eigenvalue weighted by Gasteiger charge is -2.15. The van der Waals surface area contributed by atoms with E-state index in [4.69, 9.17) is 11.6 Å². The van der Waals surface area contributed by atoms with E-state index in [2.05, 4.69) is 18.4 Å². The summed E-state index contributed by atoms with van der Waals surface area (Å²) in [4.78, 5) is 2.24. The molecule has 9 heavy (non-hydrogen) atoms. The summed E-state index contributed by atoms with van der Waals surface area (Å²) in [5.41, 5.74) is 0. The minimum Gasteiger partial charge on any atom is -0.299 e. The Labute approximate surface area is 62.3 Å². The van der Waals surface area contributed by atoms with Crippen LogP contribution in [0.5, 0.6) is 0 Å². The van der Waals surface area contributed by atoms with E-state index in [1.165, 1.54) is 0 Å². The number of nitrogens with zero attached hydrogens (tertiary/aromatic N) is 1. The van der Waals surface area contributed by atoms with Crippen LogP contribution in [-0.4, -0.2) is 30.4 Å². The zero-order valence-electron chi connectivity index (χ0n) is 5.94. The van der Waals surface area contributed by atoms with Crippen molar-refractivity contribution in [1.29, 1.82) is 0 Å². The number of alkyl halides is 1. The van der Waals surface area contributed by atoms with Crippen molar-refractivity contribution in [1.82, 2.24) is 4.90 Å². The molecule has 0 bridgehead atoms. The first kappa shape index (κ1) is 8.99. The molecule has 0 aliphatic heterocycles. The predicted molar refractivity (Wildman–Crippen MR) is 43.0 cm³/mol. The summed E-state index contributed by atoms with van der Waals surface area (Å²) < 4.78 is 0. The van der Waals surface area contributed by atoms with Crippen LogP contribution < -0.4 is 0 Å². The molecule has 54 valence electrons. The van der Waals surface area contributed by atoms with E-state index in [1.807, 2.05) is 6.08 Å². The zero-order valence-corrected chi connectivity index (χ0v) is 6.69. The highest BCUT2D eigenvalue weighted by Gasteiger charge is 1.95. The molecule has 0 aromatic heterocycles. The third kappa shape index (κ3) is 4.49. The fraction of sp³-hybridized carbons (Fsp3) is 0.714. The van der Waals surface area contributed by atoms with Gasteiger partial charge in [0.25, 0.3) is 0 Å². The van der Waals surface area contributed by atoms with Crippen molar-refractivity contribution in [3.05, 3.63) is 12.7 Å². The van der Waals surface area contributed by atoms with Gasteiger partial charge in [0.2, 0.25) is 0 Å². The third-order valence-corrected chi connectivity index (χ3v) is 1.40. The van der Waals surface area contributed by atoms with Crippen molar-refractivity contribution in [3.8, 4) is 0 Å². The summed E-state index contributed by atoms with van der Waals surface area (Å²) in [6, 6.07) is 0. The number of halogens is 1. The van der Waals surface area contributed by atoms with E-state index < -0.39 is 0 Å². The summed E-state index contributed by atoms with van der Waals surface area (Å²) in [6.07, 6.45) is 1.90. The Morgan fingerprint density at radius 3 is 2.67 bits per heavy atom. The average molecular weight is 148 g/mol. The van der Waals surface area contributed by atoms with E-state index in [9.17, 15) is 0 Å². The third-order valence-electron chi connectivity index (χ3n) is 1.24. The Kier molecular flexibility index (Phi) is 6.11. The molecule has 0 unspecified atom stereocenters. The van der Waals surface area contributed by atoms with Crippen molar-refractivity contribution in [2.45, 2.75) is 6.92 Å². The maximum absolute atomic E-state index is 5.53. The first-order chi connectivity index (χ1) is 4.35. The smallest absolute Gasteiger partial charge is 0.0351 e. The minimum atomic E-state index is 0.710. The second-order valence-corrected chi connectivity index (χ2v) is 2.25. The van der Waals surface area contributed by atoms with Gasteiger partial charge in [-0.3, -0.25) is 4.90 Å². The maximum atomic E-state index is 5.53. The first-order valence-electron chi connectivity index (χ1n) is 3.24. The van der Waals surface area contributed by atoms with Crippen molar-refractivity contribution >= 4 is 11.6 Å². The Hall–Kier alpha value is -0.0100. The number of likely N-dealkylation sites (N-methyl/N-ethyl adjacent to an activating group) is 1. The monoisotopic (exact) mass is 147 g/mol. The lowest BCUT2D eigenvalue weighted by molar-refractivity contribution is 0.339. The molecular weight excluding hydrogens is 134 g/mol. The Morgan fingerprint density at radius 2 is 2.33 bits per heavy atom. The van der Waals surface area contributed by atoms with Crippen molar-refractivity contribution < 1.29 is 0 Å². The molecule has 2 heteroatoms. The molecule has 0 fully saturated rings. The molecule has 0 aromatic carbocycles. The summed E-state index contributed by atoms with van der Waals surface area (Å²) in [7, 11) is 0. The molecule has 0 rings (SSSR count). The van der Waals surface area contributed by atoms with Crippen LogP contribution in [0.2, 0.25) is 0 Å². The summed E-state index contributed by atoms with van der Waals surface area (Å²) in [5.74, 6) is 0.710. The van der Waals surface area contributed by atoms with E-state index in [-0.39, 0.29) is 0 Å². The van der Waals surface area contributed by atoms with Crippen molar-refractivity contribution in [2.24, 2.45) is 0 Å². The number of hydrogen-bond acceptors (Lipinski definition) is 1. The number of hydrogen-bond donors (Lipinski definition) is 0. The largest absolute Gasteiger partial charge is 0.299 e. The lowest BCUT2D eigenvalue weighted by atomic mass is 10.5. The molecule has 0 saturated carbocycles. The van der Waals surface area contributed by atoms with Gasteiger partial charge in [-0.25, -0.2) is 0 Å². The van der Waals surface area contributed by atoms with Crippen LogP contribution in [0.25, 0.3) is 0 Å². The second-order valence-electron chi connectivity index (χ2n) is 1.87. The fourth-order valence-electron chi connectivity index (χ4n) is 0.681. The van der Waals surface area contributed by atoms with E-state index in [0.29, 0.717) is 5.88 Å². The van der Waals surface area contributed by atoms with Gasteiger partial charge < -0.3 is 0 Å². The molecule has 0 atom stereocenters. The minimum absolute atomic E-state index is 0.710. The molecule has 0 aromatic rings. The van der Waals surface area contributed by atoms with Gasteiger partial charge in [-0.15, -0.1) is 18.2 Å². The topological polar surface area (TPSA) is 3.24 Å². The Morgan fingerprint density at radius 1 is 1.67 bits per heavy atom. The highest BCUT2D eigenvalue weighted by atomic mass is 35.5. The van der Waals surface area contributed by atoms with E-state index in [1.54, 1.807) is 0 Å². The molecular formula is C7H14ClN. The molecule has 0 spiro atoms. The fourth-order valence-corrected chi connectivity index (χ4v) is 0.920. The molecule has 1 nitrogen and oxygen atoms in total. The van der Waals surface area contributed by atoms with Gasteiger partial charge >= 0.3 is 0 Å². The molecule has 0 aliphatic rings. The van der Waals surface area contributed by atoms with Crippen LogP contribution >= 0.6 is 11.6 Å². The SMILES string of the molecule is C=CCN(CC)CCCl. The Balaban J connectivity index is 3.28. The van der Waals surface area contributed by atoms with Crippen molar-refractivity contribution in [2.75, 3.05) is 25.5 Å². The Bertz CT molecular complexity index is 73.3. The zero-order chi connectivity index (χ0) is 7.11. The average Bonchev–Trinajstić information content (AvgIpc) is 1.88. The standard InChI is InChI=1S/C7H14ClN/c1-3-6-9(4-2)7-5-8/h3H,1,4-7H2,2H3. The van der Waals surface area contributed by atoms with Crippen LogP contribution in [0, 0.1) is 0 Å². The van der Waals surface area contributed by atoms with E-state index >= 15 is 0 Å². The van der Waals surface area contributed by atoms with Crippen LogP contribution in [0.1, 0.15) is 6.92 Å². The van der Waals surface area contributed by atoms with E-state index in [0.717, 1.165) is 19.6 Å². The van der Waals surface area contributed by atoms with Gasteiger partial charge in [-0.05, 0) is 6.54 Å². The molecule has 0 heterocycles. The molecule has 0 N–H and O–H groups in total. The van der Waals surface area contributed by atoms with Gasteiger partial charge in [0.1, 0.15) is 0 Å². The summed E-state index contributed by atoms with van der Waals surface area (Å²) >= 11 is 5.53. The van der Waals surface area contributed by atoms with Gasteiger partial charge in [-0.2, -0.15) is 0 Å². The van der Waals surface area contributed by atoms with Crippen LogP contribution in [0.15, 0.2) is 12.7 Å². The summed E-state index contributed by atoms with van der Waals surface area (Å²) in [6.45, 7) is 8.73. The van der Waals surface area contributed by atoms with Crippen LogP contribution in [-0.2, 0) is 0 Å². The molecule has 0 aliphatic carbocycles.